The van der Waals surface area contributed by atoms with Crippen LogP contribution in [-0.2, 0) is 10.0 Å². The van der Waals surface area contributed by atoms with Crippen LogP contribution in [0.5, 0.6) is 0 Å². The summed E-state index contributed by atoms with van der Waals surface area (Å²) in [6.07, 6.45) is 3.74. The van der Waals surface area contributed by atoms with E-state index in [1.165, 1.54) is 0 Å². The summed E-state index contributed by atoms with van der Waals surface area (Å²) in [4.78, 5) is 0. The van der Waals surface area contributed by atoms with Crippen LogP contribution in [0.2, 0.25) is 0 Å². The molecular formula is C11H22N2O2S. The quantitative estimate of drug-likeness (QED) is 0.806. The van der Waals surface area contributed by atoms with Crippen molar-refractivity contribution in [1.82, 2.24) is 9.62 Å². The largest absolute Gasteiger partial charge is 0.315 e. The molecule has 0 spiro atoms. The van der Waals surface area contributed by atoms with Gasteiger partial charge in [-0.05, 0) is 39.2 Å². The van der Waals surface area contributed by atoms with Gasteiger partial charge in [-0.1, -0.05) is 6.92 Å². The molecule has 0 bridgehead atoms. The second kappa shape index (κ2) is 4.63. The second-order valence-corrected chi connectivity index (χ2v) is 7.10. The van der Waals surface area contributed by atoms with E-state index in [1.807, 2.05) is 6.92 Å². The highest BCUT2D eigenvalue weighted by molar-refractivity contribution is 7.89. The molecule has 0 aromatic heterocycles. The Kier molecular flexibility index (Phi) is 3.56. The van der Waals surface area contributed by atoms with Gasteiger partial charge in [-0.3, -0.25) is 0 Å². The van der Waals surface area contributed by atoms with Gasteiger partial charge in [-0.15, -0.1) is 0 Å². The van der Waals surface area contributed by atoms with Gasteiger partial charge >= 0.3 is 0 Å². The van der Waals surface area contributed by atoms with E-state index in [4.69, 9.17) is 0 Å². The van der Waals surface area contributed by atoms with Gasteiger partial charge in [0.2, 0.25) is 10.0 Å². The minimum absolute atomic E-state index is 0.190. The van der Waals surface area contributed by atoms with Gasteiger partial charge in [0.05, 0.1) is 5.25 Å². The minimum Gasteiger partial charge on any atom is -0.315 e. The van der Waals surface area contributed by atoms with Gasteiger partial charge in [0.25, 0.3) is 0 Å². The van der Waals surface area contributed by atoms with E-state index in [0.29, 0.717) is 6.54 Å². The maximum absolute atomic E-state index is 12.5. The molecule has 3 unspecified atom stereocenters. The first-order valence-electron chi connectivity index (χ1n) is 6.30. The average Bonchev–Trinajstić information content (AvgIpc) is 2.85. The van der Waals surface area contributed by atoms with E-state index in [-0.39, 0.29) is 17.3 Å². The van der Waals surface area contributed by atoms with Crippen molar-refractivity contribution in [1.29, 1.82) is 0 Å². The van der Waals surface area contributed by atoms with Crippen LogP contribution in [0.4, 0.5) is 0 Å². The summed E-state index contributed by atoms with van der Waals surface area (Å²) in [6, 6.07) is 0.427. The smallest absolute Gasteiger partial charge is 0.218 e. The Balaban J connectivity index is 2.20. The Morgan fingerprint density at radius 1 is 1.31 bits per heavy atom. The third-order valence-corrected chi connectivity index (χ3v) is 6.40. The molecule has 2 rings (SSSR count). The van der Waals surface area contributed by atoms with Gasteiger partial charge in [-0.2, -0.15) is 4.31 Å². The van der Waals surface area contributed by atoms with E-state index in [9.17, 15) is 8.42 Å². The van der Waals surface area contributed by atoms with Gasteiger partial charge < -0.3 is 5.32 Å². The van der Waals surface area contributed by atoms with Gasteiger partial charge in [0.1, 0.15) is 0 Å². The molecule has 5 heteroatoms. The monoisotopic (exact) mass is 246 g/mol. The van der Waals surface area contributed by atoms with Gasteiger partial charge in [-0.25, -0.2) is 8.42 Å². The standard InChI is InChI=1S/C11H22N2O2S/c1-3-10-5-4-9(2)13(10)16(14,15)11-6-7-12-8-11/h9-12H,3-8H2,1-2H3. The number of hydrogen-bond donors (Lipinski definition) is 1. The van der Waals surface area contributed by atoms with Crippen LogP contribution in [0.25, 0.3) is 0 Å². The number of sulfonamides is 1. The van der Waals surface area contributed by atoms with Crippen molar-refractivity contribution < 1.29 is 8.42 Å². The molecule has 0 radical (unpaired) electrons. The van der Waals surface area contributed by atoms with Crippen LogP contribution < -0.4 is 5.32 Å². The molecule has 2 aliphatic heterocycles. The molecule has 2 heterocycles. The van der Waals surface area contributed by atoms with Crippen molar-refractivity contribution >= 4 is 10.0 Å². The summed E-state index contributed by atoms with van der Waals surface area (Å²) in [5, 5.41) is 2.95. The van der Waals surface area contributed by atoms with Crippen molar-refractivity contribution in [3.05, 3.63) is 0 Å². The number of nitrogens with one attached hydrogen (secondary N) is 1. The normalized spacial score (nSPS) is 37.0. The summed E-state index contributed by atoms with van der Waals surface area (Å²) >= 11 is 0. The lowest BCUT2D eigenvalue weighted by atomic mass is 10.2. The molecule has 2 aliphatic rings. The Labute approximate surface area is 98.4 Å². The molecule has 0 aromatic carbocycles. The minimum atomic E-state index is -3.08. The molecule has 0 amide bonds. The highest BCUT2D eigenvalue weighted by Crippen LogP contribution is 2.31. The predicted octanol–water partition coefficient (Wildman–Crippen LogP) is 0.941. The summed E-state index contributed by atoms with van der Waals surface area (Å²) < 4.78 is 26.8. The number of rotatable bonds is 3. The lowest BCUT2D eigenvalue weighted by Crippen LogP contribution is -2.45. The van der Waals surface area contributed by atoms with Crippen LogP contribution in [0.3, 0.4) is 0 Å². The van der Waals surface area contributed by atoms with E-state index in [2.05, 4.69) is 12.2 Å². The third-order valence-electron chi connectivity index (χ3n) is 3.91. The van der Waals surface area contributed by atoms with E-state index in [0.717, 1.165) is 32.2 Å². The van der Waals surface area contributed by atoms with E-state index in [1.54, 1.807) is 4.31 Å². The molecule has 4 nitrogen and oxygen atoms in total. The summed E-state index contributed by atoms with van der Waals surface area (Å²) in [5.41, 5.74) is 0. The van der Waals surface area contributed by atoms with Gasteiger partial charge in [0.15, 0.2) is 0 Å². The van der Waals surface area contributed by atoms with Gasteiger partial charge in [0, 0.05) is 18.6 Å². The topological polar surface area (TPSA) is 49.4 Å². The Morgan fingerprint density at radius 3 is 2.62 bits per heavy atom. The first-order chi connectivity index (χ1) is 7.57. The Hall–Kier alpha value is -0.130. The van der Waals surface area contributed by atoms with Crippen LogP contribution >= 0.6 is 0 Å². The van der Waals surface area contributed by atoms with Crippen molar-refractivity contribution in [2.45, 2.75) is 56.9 Å². The first-order valence-corrected chi connectivity index (χ1v) is 7.80. The summed E-state index contributed by atoms with van der Waals surface area (Å²) in [6.45, 7) is 5.58. The van der Waals surface area contributed by atoms with Crippen LogP contribution in [0, 0.1) is 0 Å². The fraction of sp³-hybridized carbons (Fsp3) is 1.00. The summed E-state index contributed by atoms with van der Waals surface area (Å²) in [7, 11) is -3.08. The summed E-state index contributed by atoms with van der Waals surface area (Å²) in [5.74, 6) is 0. The number of nitrogens with zero attached hydrogens (tertiary/aromatic N) is 1. The number of hydrogen-bond acceptors (Lipinski definition) is 3. The third kappa shape index (κ3) is 2.00. The van der Waals surface area contributed by atoms with Crippen molar-refractivity contribution in [3.63, 3.8) is 0 Å². The lowest BCUT2D eigenvalue weighted by Gasteiger charge is -2.29. The highest BCUT2D eigenvalue weighted by Gasteiger charge is 2.42. The second-order valence-electron chi connectivity index (χ2n) is 4.98. The fourth-order valence-electron chi connectivity index (χ4n) is 2.95. The highest BCUT2D eigenvalue weighted by atomic mass is 32.2. The van der Waals surface area contributed by atoms with Crippen molar-refractivity contribution in [2.75, 3.05) is 13.1 Å². The van der Waals surface area contributed by atoms with Crippen LogP contribution in [-0.4, -0.2) is 43.1 Å². The first kappa shape index (κ1) is 12.3. The fourth-order valence-corrected chi connectivity index (χ4v) is 5.31. The maximum atomic E-state index is 12.5. The molecular weight excluding hydrogens is 224 g/mol. The predicted molar refractivity (Wildman–Crippen MR) is 64.8 cm³/mol. The Morgan fingerprint density at radius 2 is 2.06 bits per heavy atom. The lowest BCUT2D eigenvalue weighted by molar-refractivity contribution is 0.324. The maximum Gasteiger partial charge on any atom is 0.218 e. The van der Waals surface area contributed by atoms with Crippen LogP contribution in [0.1, 0.15) is 39.5 Å². The van der Waals surface area contributed by atoms with Crippen molar-refractivity contribution in [3.8, 4) is 0 Å². The Bertz CT molecular complexity index is 336. The molecule has 94 valence electrons. The van der Waals surface area contributed by atoms with Crippen molar-refractivity contribution in [2.24, 2.45) is 0 Å². The zero-order valence-electron chi connectivity index (χ0n) is 10.1. The molecule has 3 atom stereocenters. The van der Waals surface area contributed by atoms with Crippen LogP contribution in [0.15, 0.2) is 0 Å². The van der Waals surface area contributed by atoms with E-state index < -0.39 is 10.0 Å². The molecule has 1 N–H and O–H groups in total. The molecule has 0 aromatic rings. The molecule has 16 heavy (non-hydrogen) atoms. The zero-order chi connectivity index (χ0) is 11.8. The molecule has 0 saturated carbocycles. The molecule has 2 saturated heterocycles. The molecule has 0 aliphatic carbocycles. The average molecular weight is 246 g/mol. The zero-order valence-corrected chi connectivity index (χ0v) is 11.0. The SMILES string of the molecule is CCC1CCC(C)N1S(=O)(=O)C1CCNC1. The van der Waals surface area contributed by atoms with E-state index >= 15 is 0 Å². The molecule has 2 fully saturated rings.